The van der Waals surface area contributed by atoms with Gasteiger partial charge in [-0.25, -0.2) is 4.39 Å². The van der Waals surface area contributed by atoms with E-state index in [-0.39, 0.29) is 18.1 Å². The lowest BCUT2D eigenvalue weighted by Gasteiger charge is -2.36. The summed E-state index contributed by atoms with van der Waals surface area (Å²) in [5.74, 6) is -0.995. The van der Waals surface area contributed by atoms with E-state index in [1.807, 2.05) is 24.3 Å². The molecule has 1 N–H and O–H groups in total. The highest BCUT2D eigenvalue weighted by molar-refractivity contribution is 6.30. The van der Waals surface area contributed by atoms with E-state index in [1.54, 1.807) is 4.90 Å². The predicted octanol–water partition coefficient (Wildman–Crippen LogP) is 3.16. The van der Waals surface area contributed by atoms with Crippen LogP contribution in [0.3, 0.4) is 0 Å². The highest BCUT2D eigenvalue weighted by Crippen LogP contribution is 2.21. The molecule has 1 heterocycles. The van der Waals surface area contributed by atoms with Crippen LogP contribution in [-0.2, 0) is 9.59 Å². The van der Waals surface area contributed by atoms with Gasteiger partial charge in [-0.15, -0.1) is 0 Å². The molecule has 1 aliphatic rings. The van der Waals surface area contributed by atoms with Crippen molar-refractivity contribution in [3.63, 3.8) is 0 Å². The maximum absolute atomic E-state index is 12.9. The molecule has 2 aromatic carbocycles. The van der Waals surface area contributed by atoms with E-state index in [0.717, 1.165) is 5.69 Å². The first kappa shape index (κ1) is 18.2. The second-order valence-corrected chi connectivity index (χ2v) is 6.52. The van der Waals surface area contributed by atoms with E-state index in [9.17, 15) is 14.0 Å². The molecule has 1 aliphatic heterocycles. The maximum atomic E-state index is 12.9. The van der Waals surface area contributed by atoms with Crippen LogP contribution in [-0.4, -0.2) is 42.9 Å². The molecule has 0 unspecified atom stereocenters. The third-order valence-corrected chi connectivity index (χ3v) is 4.48. The summed E-state index contributed by atoms with van der Waals surface area (Å²) in [6.45, 7) is 2.47. The van der Waals surface area contributed by atoms with Gasteiger partial charge in [-0.05, 0) is 42.5 Å². The van der Waals surface area contributed by atoms with E-state index in [0.29, 0.717) is 36.9 Å². The van der Waals surface area contributed by atoms with E-state index < -0.39 is 5.91 Å². The van der Waals surface area contributed by atoms with Crippen molar-refractivity contribution in [3.05, 3.63) is 59.4 Å². The first-order chi connectivity index (χ1) is 12.5. The molecule has 0 saturated carbocycles. The molecule has 1 fully saturated rings. The zero-order valence-electron chi connectivity index (χ0n) is 14.1. The molecule has 0 radical (unpaired) electrons. The fourth-order valence-corrected chi connectivity index (χ4v) is 3.06. The Labute approximate surface area is 156 Å². The van der Waals surface area contributed by atoms with Crippen molar-refractivity contribution in [2.75, 3.05) is 36.4 Å². The number of hydrogen-bond acceptors (Lipinski definition) is 3. The van der Waals surface area contributed by atoms with Gasteiger partial charge in [0.25, 0.3) is 0 Å². The van der Waals surface area contributed by atoms with Crippen LogP contribution in [0.1, 0.15) is 6.42 Å². The van der Waals surface area contributed by atoms with Gasteiger partial charge < -0.3 is 15.1 Å². The van der Waals surface area contributed by atoms with Gasteiger partial charge in [0.15, 0.2) is 0 Å². The first-order valence-electron chi connectivity index (χ1n) is 8.35. The highest BCUT2D eigenvalue weighted by atomic mass is 35.5. The first-order valence-corrected chi connectivity index (χ1v) is 8.73. The zero-order valence-corrected chi connectivity index (χ0v) is 14.9. The number of nitrogens with one attached hydrogen (secondary N) is 1. The smallest absolute Gasteiger partial charge is 0.233 e. The Morgan fingerprint density at radius 1 is 1.04 bits per heavy atom. The van der Waals surface area contributed by atoms with Gasteiger partial charge in [0, 0.05) is 42.6 Å². The van der Waals surface area contributed by atoms with Crippen molar-refractivity contribution in [2.24, 2.45) is 0 Å². The summed E-state index contributed by atoms with van der Waals surface area (Å²) in [5, 5.41) is 3.28. The number of carbonyl (C=O) groups is 2. The van der Waals surface area contributed by atoms with Gasteiger partial charge in [-0.3, -0.25) is 9.59 Å². The third kappa shape index (κ3) is 4.73. The van der Waals surface area contributed by atoms with Gasteiger partial charge in [0.1, 0.15) is 12.2 Å². The van der Waals surface area contributed by atoms with Crippen LogP contribution in [0, 0.1) is 5.82 Å². The molecule has 0 aromatic heterocycles. The van der Waals surface area contributed by atoms with E-state index >= 15 is 0 Å². The number of rotatable bonds is 4. The average Bonchev–Trinajstić information content (AvgIpc) is 2.64. The van der Waals surface area contributed by atoms with Crippen LogP contribution < -0.4 is 10.2 Å². The van der Waals surface area contributed by atoms with Crippen molar-refractivity contribution >= 4 is 34.8 Å². The molecule has 3 rings (SSSR count). The lowest BCUT2D eigenvalue weighted by molar-refractivity contribution is -0.134. The Hall–Kier alpha value is -2.60. The number of piperazine rings is 1. The van der Waals surface area contributed by atoms with Gasteiger partial charge in [0.2, 0.25) is 11.8 Å². The Morgan fingerprint density at radius 2 is 1.73 bits per heavy atom. The number of carbonyl (C=O) groups excluding carboxylic acids is 2. The zero-order chi connectivity index (χ0) is 18.5. The van der Waals surface area contributed by atoms with Gasteiger partial charge >= 0.3 is 0 Å². The Bertz CT molecular complexity index is 790. The molecule has 1 saturated heterocycles. The number of amides is 2. The number of nitrogens with zero attached hydrogens (tertiary/aromatic N) is 2. The summed E-state index contributed by atoms with van der Waals surface area (Å²) in [7, 11) is 0. The van der Waals surface area contributed by atoms with Crippen molar-refractivity contribution in [1.29, 1.82) is 0 Å². The normalized spacial score (nSPS) is 14.2. The highest BCUT2D eigenvalue weighted by Gasteiger charge is 2.23. The number of halogens is 2. The Kier molecular flexibility index (Phi) is 5.73. The fourth-order valence-electron chi connectivity index (χ4n) is 2.87. The summed E-state index contributed by atoms with van der Waals surface area (Å²) < 4.78 is 12.9. The number of benzene rings is 2. The molecule has 136 valence electrons. The molecule has 2 aromatic rings. The molecular formula is C19H19ClFN3O2. The summed E-state index contributed by atoms with van der Waals surface area (Å²) in [6, 6.07) is 13.0. The maximum Gasteiger partial charge on any atom is 0.233 e. The SMILES string of the molecule is O=C(CC(=O)N1CCN(c2cccc(Cl)c2)CC1)Nc1ccc(F)cc1. The summed E-state index contributed by atoms with van der Waals surface area (Å²) in [5.41, 5.74) is 1.49. The minimum atomic E-state index is -0.404. The van der Waals surface area contributed by atoms with Crippen molar-refractivity contribution < 1.29 is 14.0 Å². The molecule has 2 amide bonds. The summed E-state index contributed by atoms with van der Waals surface area (Å²) in [6.07, 6.45) is -0.228. The molecule has 0 spiro atoms. The van der Waals surface area contributed by atoms with Crippen molar-refractivity contribution in [3.8, 4) is 0 Å². The second-order valence-electron chi connectivity index (χ2n) is 6.08. The summed E-state index contributed by atoms with van der Waals surface area (Å²) >= 11 is 6.02. The Morgan fingerprint density at radius 3 is 2.38 bits per heavy atom. The largest absolute Gasteiger partial charge is 0.368 e. The molecular weight excluding hydrogens is 357 g/mol. The van der Waals surface area contributed by atoms with Crippen molar-refractivity contribution in [1.82, 2.24) is 4.90 Å². The quantitative estimate of drug-likeness (QED) is 0.835. The van der Waals surface area contributed by atoms with Crippen LogP contribution in [0.4, 0.5) is 15.8 Å². The standard InChI is InChI=1S/C19H19ClFN3O2/c20-14-2-1-3-17(12-14)23-8-10-24(11-9-23)19(26)13-18(25)22-16-6-4-15(21)5-7-16/h1-7,12H,8-11,13H2,(H,22,25). The minimum absolute atomic E-state index is 0.213. The predicted molar refractivity (Wildman–Crippen MR) is 99.9 cm³/mol. The molecule has 5 nitrogen and oxygen atoms in total. The lowest BCUT2D eigenvalue weighted by atomic mass is 10.2. The molecule has 26 heavy (non-hydrogen) atoms. The van der Waals surface area contributed by atoms with Crippen LogP contribution in [0.15, 0.2) is 48.5 Å². The van der Waals surface area contributed by atoms with Gasteiger partial charge in [0.05, 0.1) is 0 Å². The molecule has 0 bridgehead atoms. The van der Waals surface area contributed by atoms with E-state index in [1.165, 1.54) is 24.3 Å². The van der Waals surface area contributed by atoms with E-state index in [2.05, 4.69) is 10.2 Å². The third-order valence-electron chi connectivity index (χ3n) is 4.25. The topological polar surface area (TPSA) is 52.7 Å². The molecule has 0 atom stereocenters. The van der Waals surface area contributed by atoms with Gasteiger partial charge in [-0.2, -0.15) is 0 Å². The Balaban J connectivity index is 1.48. The minimum Gasteiger partial charge on any atom is -0.368 e. The molecule has 0 aliphatic carbocycles. The van der Waals surface area contributed by atoms with Crippen LogP contribution in [0.25, 0.3) is 0 Å². The van der Waals surface area contributed by atoms with E-state index in [4.69, 9.17) is 11.6 Å². The second kappa shape index (κ2) is 8.19. The lowest BCUT2D eigenvalue weighted by Crippen LogP contribution is -2.49. The van der Waals surface area contributed by atoms with Gasteiger partial charge in [-0.1, -0.05) is 17.7 Å². The monoisotopic (exact) mass is 375 g/mol. The number of anilines is 2. The summed E-state index contributed by atoms with van der Waals surface area (Å²) in [4.78, 5) is 28.2. The van der Waals surface area contributed by atoms with Crippen molar-refractivity contribution in [2.45, 2.75) is 6.42 Å². The average molecular weight is 376 g/mol. The van der Waals surface area contributed by atoms with Crippen LogP contribution >= 0.6 is 11.6 Å². The van der Waals surface area contributed by atoms with Crippen LogP contribution in [0.2, 0.25) is 5.02 Å². The molecule has 7 heteroatoms. The fraction of sp³-hybridized carbons (Fsp3) is 0.263. The number of hydrogen-bond donors (Lipinski definition) is 1. The van der Waals surface area contributed by atoms with Crippen LogP contribution in [0.5, 0.6) is 0 Å².